The largest absolute Gasteiger partial charge is 0.543 e. The van der Waals surface area contributed by atoms with Crippen LogP contribution in [0.3, 0.4) is 0 Å². The predicted molar refractivity (Wildman–Crippen MR) is 136 cm³/mol. The quantitative estimate of drug-likeness (QED) is 0.257. The van der Waals surface area contributed by atoms with Crippen LogP contribution in [-0.2, 0) is 0 Å². The number of benzene rings is 2. The van der Waals surface area contributed by atoms with Crippen LogP contribution in [0.2, 0.25) is 36.3 Å². The Labute approximate surface area is 187 Å². The molecular weight excluding hydrogens is 400 g/mol. The van der Waals surface area contributed by atoms with E-state index in [9.17, 15) is 0 Å². The van der Waals surface area contributed by atoms with Crippen LogP contribution in [0, 0.1) is 0 Å². The van der Waals surface area contributed by atoms with Crippen molar-refractivity contribution in [2.24, 2.45) is 0 Å². The SMILES string of the molecule is CCC[Si](CCC)(CC[Si](CCC)(CCC)Oc1ccccc1)Oc1ccccc1. The van der Waals surface area contributed by atoms with Crippen LogP contribution in [0.1, 0.15) is 53.4 Å². The van der Waals surface area contributed by atoms with Crippen LogP contribution in [-0.4, -0.2) is 16.6 Å². The van der Waals surface area contributed by atoms with Crippen LogP contribution >= 0.6 is 0 Å². The van der Waals surface area contributed by atoms with Crippen molar-refractivity contribution in [1.82, 2.24) is 0 Å². The normalized spacial score (nSPS) is 12.0. The van der Waals surface area contributed by atoms with Gasteiger partial charge in [0, 0.05) is 0 Å². The van der Waals surface area contributed by atoms with Crippen molar-refractivity contribution in [3.8, 4) is 11.5 Å². The van der Waals surface area contributed by atoms with Crippen LogP contribution in [0.5, 0.6) is 11.5 Å². The molecule has 0 saturated carbocycles. The zero-order chi connectivity index (χ0) is 21.7. The van der Waals surface area contributed by atoms with E-state index < -0.39 is 16.6 Å². The Bertz CT molecular complexity index is 617. The van der Waals surface area contributed by atoms with Crippen LogP contribution < -0.4 is 8.85 Å². The minimum Gasteiger partial charge on any atom is -0.543 e. The highest BCUT2D eigenvalue weighted by Crippen LogP contribution is 2.36. The number of rotatable bonds is 15. The first-order valence-electron chi connectivity index (χ1n) is 12.1. The van der Waals surface area contributed by atoms with Crippen molar-refractivity contribution >= 4 is 16.6 Å². The van der Waals surface area contributed by atoms with Gasteiger partial charge in [-0.1, -0.05) is 89.8 Å². The summed E-state index contributed by atoms with van der Waals surface area (Å²) in [6.07, 6.45) is 4.81. The molecule has 0 aromatic heterocycles. The van der Waals surface area contributed by atoms with E-state index >= 15 is 0 Å². The molecular formula is C26H42O2Si2. The lowest BCUT2D eigenvalue weighted by atomic mass is 10.3. The van der Waals surface area contributed by atoms with Gasteiger partial charge in [0.25, 0.3) is 16.6 Å². The second-order valence-corrected chi connectivity index (χ2v) is 16.8. The topological polar surface area (TPSA) is 18.5 Å². The smallest absolute Gasteiger partial charge is 0.251 e. The monoisotopic (exact) mass is 442 g/mol. The van der Waals surface area contributed by atoms with Gasteiger partial charge in [-0.3, -0.25) is 0 Å². The lowest BCUT2D eigenvalue weighted by Crippen LogP contribution is -2.47. The summed E-state index contributed by atoms with van der Waals surface area (Å²) in [6.45, 7) is 9.26. The standard InChI is InChI=1S/C26H42O2Si2/c1-5-19-29(20-6-2,27-25-15-11-9-12-16-25)23-24-30(21-7-3,22-8-4)28-26-17-13-10-14-18-26/h9-18H,5-8,19-24H2,1-4H3. The van der Waals surface area contributed by atoms with Gasteiger partial charge in [0.2, 0.25) is 0 Å². The lowest BCUT2D eigenvalue weighted by molar-refractivity contribution is 0.505. The molecule has 166 valence electrons. The van der Waals surface area contributed by atoms with E-state index in [2.05, 4.69) is 88.4 Å². The fourth-order valence-electron chi connectivity index (χ4n) is 4.81. The molecule has 2 rings (SSSR count). The predicted octanol–water partition coefficient (Wildman–Crippen LogP) is 8.68. The van der Waals surface area contributed by atoms with Gasteiger partial charge in [-0.05, 0) is 60.5 Å². The molecule has 0 aliphatic heterocycles. The van der Waals surface area contributed by atoms with Crippen molar-refractivity contribution in [3.05, 3.63) is 60.7 Å². The third-order valence-electron chi connectivity index (χ3n) is 6.01. The Balaban J connectivity index is 2.27. The molecule has 0 radical (unpaired) electrons. The summed E-state index contributed by atoms with van der Waals surface area (Å²) in [5.74, 6) is 2.13. The van der Waals surface area contributed by atoms with E-state index in [1.165, 1.54) is 61.9 Å². The van der Waals surface area contributed by atoms with E-state index in [0.29, 0.717) is 0 Å². The molecule has 0 aliphatic carbocycles. The molecule has 0 bridgehead atoms. The number of para-hydroxylation sites is 2. The number of hydrogen-bond donors (Lipinski definition) is 0. The molecule has 4 heteroatoms. The molecule has 0 N–H and O–H groups in total. The lowest BCUT2D eigenvalue weighted by Gasteiger charge is -2.37. The van der Waals surface area contributed by atoms with Crippen molar-refractivity contribution in [2.75, 3.05) is 0 Å². The Morgan fingerprint density at radius 1 is 0.467 bits per heavy atom. The molecule has 30 heavy (non-hydrogen) atoms. The summed E-state index contributed by atoms with van der Waals surface area (Å²) in [5, 5.41) is 0. The minimum atomic E-state index is -1.87. The van der Waals surface area contributed by atoms with Crippen molar-refractivity contribution in [2.45, 2.75) is 89.6 Å². The van der Waals surface area contributed by atoms with Gasteiger partial charge < -0.3 is 8.85 Å². The molecule has 0 amide bonds. The molecule has 0 spiro atoms. The third kappa shape index (κ3) is 7.62. The first-order chi connectivity index (χ1) is 14.6. The van der Waals surface area contributed by atoms with E-state index in [-0.39, 0.29) is 0 Å². The average Bonchev–Trinajstić information content (AvgIpc) is 2.75. The Hall–Kier alpha value is -1.53. The van der Waals surface area contributed by atoms with Crippen molar-refractivity contribution < 1.29 is 8.85 Å². The fourth-order valence-corrected chi connectivity index (χ4v) is 15.5. The highest BCUT2D eigenvalue weighted by molar-refractivity contribution is 6.79. The Kier molecular flexibility index (Phi) is 10.7. The molecule has 2 aromatic carbocycles. The first-order valence-corrected chi connectivity index (χ1v) is 17.1. The molecule has 0 atom stereocenters. The van der Waals surface area contributed by atoms with Crippen LogP contribution in [0.15, 0.2) is 60.7 Å². The Morgan fingerprint density at radius 2 is 0.767 bits per heavy atom. The zero-order valence-corrected chi connectivity index (χ0v) is 21.7. The molecule has 0 unspecified atom stereocenters. The third-order valence-corrected chi connectivity index (χ3v) is 15.8. The Morgan fingerprint density at radius 3 is 1.03 bits per heavy atom. The van der Waals surface area contributed by atoms with Gasteiger partial charge in [0.15, 0.2) is 0 Å². The summed E-state index contributed by atoms with van der Waals surface area (Å²) in [7, 11) is -3.73. The van der Waals surface area contributed by atoms with Gasteiger partial charge >= 0.3 is 0 Å². The van der Waals surface area contributed by atoms with Gasteiger partial charge in [-0.2, -0.15) is 0 Å². The minimum absolute atomic E-state index is 1.06. The fraction of sp³-hybridized carbons (Fsp3) is 0.538. The molecule has 0 fully saturated rings. The summed E-state index contributed by atoms with van der Waals surface area (Å²) in [5.41, 5.74) is 0. The van der Waals surface area contributed by atoms with Crippen molar-refractivity contribution in [3.63, 3.8) is 0 Å². The summed E-state index contributed by atoms with van der Waals surface area (Å²) < 4.78 is 13.8. The molecule has 2 nitrogen and oxygen atoms in total. The molecule has 2 aromatic rings. The molecule has 0 saturated heterocycles. The second kappa shape index (κ2) is 13.0. The van der Waals surface area contributed by atoms with Gasteiger partial charge in [-0.25, -0.2) is 0 Å². The number of hydrogen-bond acceptors (Lipinski definition) is 2. The summed E-state index contributed by atoms with van der Waals surface area (Å²) in [6, 6.07) is 28.5. The van der Waals surface area contributed by atoms with Gasteiger partial charge in [0.05, 0.1) is 0 Å². The first kappa shape index (κ1) is 24.7. The maximum Gasteiger partial charge on any atom is 0.251 e. The van der Waals surface area contributed by atoms with E-state index in [4.69, 9.17) is 8.85 Å². The van der Waals surface area contributed by atoms with Crippen molar-refractivity contribution in [1.29, 1.82) is 0 Å². The average molecular weight is 443 g/mol. The van der Waals surface area contributed by atoms with Crippen LogP contribution in [0.25, 0.3) is 0 Å². The second-order valence-electron chi connectivity index (χ2n) is 8.70. The van der Waals surface area contributed by atoms with Crippen LogP contribution in [0.4, 0.5) is 0 Å². The molecule has 0 heterocycles. The van der Waals surface area contributed by atoms with E-state index in [0.717, 1.165) is 11.5 Å². The van der Waals surface area contributed by atoms with Gasteiger partial charge in [-0.15, -0.1) is 0 Å². The van der Waals surface area contributed by atoms with E-state index in [1.807, 2.05) is 0 Å². The maximum absolute atomic E-state index is 6.89. The highest BCUT2D eigenvalue weighted by atomic mass is 28.4. The summed E-state index contributed by atoms with van der Waals surface area (Å²) in [4.78, 5) is 0. The van der Waals surface area contributed by atoms with Gasteiger partial charge in [0.1, 0.15) is 11.5 Å². The zero-order valence-electron chi connectivity index (χ0n) is 19.7. The highest BCUT2D eigenvalue weighted by Gasteiger charge is 2.42. The maximum atomic E-state index is 6.89. The summed E-state index contributed by atoms with van der Waals surface area (Å²) >= 11 is 0. The molecule has 0 aliphatic rings. The van der Waals surface area contributed by atoms with E-state index in [1.54, 1.807) is 0 Å².